The smallest absolute Gasteiger partial charge is 0.170 e. The Balaban J connectivity index is 1.56. The zero-order valence-corrected chi connectivity index (χ0v) is 19.3. The number of benzene rings is 1. The molecule has 0 radical (unpaired) electrons. The van der Waals surface area contributed by atoms with Gasteiger partial charge in [-0.25, -0.2) is 0 Å². The van der Waals surface area contributed by atoms with E-state index in [4.69, 9.17) is 39.8 Å². The van der Waals surface area contributed by atoms with Gasteiger partial charge in [0, 0.05) is 17.8 Å². The maximum absolute atomic E-state index is 6.45. The van der Waals surface area contributed by atoms with Crippen molar-refractivity contribution in [3.05, 3.63) is 76.2 Å². The second-order valence-electron chi connectivity index (χ2n) is 8.13. The van der Waals surface area contributed by atoms with Crippen molar-refractivity contribution in [2.45, 2.75) is 50.2 Å². The Hall–Kier alpha value is -2.08. The summed E-state index contributed by atoms with van der Waals surface area (Å²) in [4.78, 5) is 6.96. The number of aromatic nitrogens is 1. The molecule has 1 saturated heterocycles. The van der Waals surface area contributed by atoms with Gasteiger partial charge in [0.1, 0.15) is 17.6 Å². The standard InChI is InChI=1S/C24H23Cl2N3OS/c25-17-10-6-9-16(21(17)26)19-12-13-20(30-19)23-22(18-11-4-5-14-27-18)28-24(31)29(23)15-7-2-1-3-8-15/h4-6,9-15,22-23H,1-3,7-8H2,(H,28,31)/t22-,23+/m1/s1. The Morgan fingerprint density at radius 2 is 1.84 bits per heavy atom. The van der Waals surface area contributed by atoms with E-state index < -0.39 is 0 Å². The minimum absolute atomic E-state index is 0.0720. The second kappa shape index (κ2) is 8.81. The number of pyridine rings is 1. The summed E-state index contributed by atoms with van der Waals surface area (Å²) in [5.74, 6) is 1.54. The molecule has 1 aliphatic heterocycles. The topological polar surface area (TPSA) is 41.3 Å². The third-order valence-corrected chi connectivity index (χ3v) is 7.39. The van der Waals surface area contributed by atoms with Gasteiger partial charge >= 0.3 is 0 Å². The minimum atomic E-state index is -0.0792. The van der Waals surface area contributed by atoms with Crippen LogP contribution in [0.5, 0.6) is 0 Å². The summed E-state index contributed by atoms with van der Waals surface area (Å²) >= 11 is 18.5. The van der Waals surface area contributed by atoms with E-state index in [0.29, 0.717) is 21.8 Å². The summed E-state index contributed by atoms with van der Waals surface area (Å²) in [5.41, 5.74) is 1.74. The molecule has 4 nitrogen and oxygen atoms in total. The maximum atomic E-state index is 6.45. The van der Waals surface area contributed by atoms with Gasteiger partial charge in [0.05, 0.1) is 21.8 Å². The molecule has 1 aromatic carbocycles. The fourth-order valence-corrected chi connectivity index (χ4v) is 5.56. The molecule has 1 aliphatic carbocycles. The molecule has 2 aliphatic rings. The summed E-state index contributed by atoms with van der Waals surface area (Å²) in [6.07, 6.45) is 7.84. The van der Waals surface area contributed by atoms with Gasteiger partial charge in [-0.3, -0.25) is 4.98 Å². The van der Waals surface area contributed by atoms with Crippen molar-refractivity contribution in [2.24, 2.45) is 0 Å². The van der Waals surface area contributed by atoms with Crippen LogP contribution in [0.4, 0.5) is 0 Å². The van der Waals surface area contributed by atoms with Gasteiger partial charge in [-0.1, -0.05) is 54.6 Å². The average molecular weight is 472 g/mol. The van der Waals surface area contributed by atoms with E-state index in [2.05, 4.69) is 15.2 Å². The molecule has 0 amide bonds. The number of rotatable bonds is 4. The molecule has 3 heterocycles. The molecule has 2 aromatic heterocycles. The number of nitrogens with zero attached hydrogens (tertiary/aromatic N) is 2. The van der Waals surface area contributed by atoms with E-state index in [0.717, 1.165) is 35.0 Å². The molecule has 160 valence electrons. The first-order chi connectivity index (χ1) is 15.1. The largest absolute Gasteiger partial charge is 0.459 e. The number of nitrogens with one attached hydrogen (secondary N) is 1. The Bertz CT molecular complexity index is 1080. The van der Waals surface area contributed by atoms with Gasteiger partial charge in [-0.05, 0) is 61.5 Å². The normalized spacial score (nSPS) is 22.0. The zero-order valence-electron chi connectivity index (χ0n) is 16.9. The van der Waals surface area contributed by atoms with Gasteiger partial charge < -0.3 is 14.6 Å². The summed E-state index contributed by atoms with van der Waals surface area (Å²) in [5, 5.41) is 5.30. The molecule has 7 heteroatoms. The van der Waals surface area contributed by atoms with Crippen LogP contribution in [-0.4, -0.2) is 21.0 Å². The molecular formula is C24H23Cl2N3OS. The number of thiocarbonyl (C=S) groups is 1. The first kappa shape index (κ1) is 20.8. The van der Waals surface area contributed by atoms with E-state index >= 15 is 0 Å². The van der Waals surface area contributed by atoms with Crippen molar-refractivity contribution < 1.29 is 4.42 Å². The molecule has 2 fully saturated rings. The van der Waals surface area contributed by atoms with Crippen LogP contribution in [0.25, 0.3) is 11.3 Å². The van der Waals surface area contributed by atoms with Gasteiger partial charge in [-0.15, -0.1) is 0 Å². The van der Waals surface area contributed by atoms with Crippen LogP contribution in [0.1, 0.15) is 55.6 Å². The molecule has 5 rings (SSSR count). The lowest BCUT2D eigenvalue weighted by molar-refractivity contribution is 0.179. The second-order valence-corrected chi connectivity index (χ2v) is 9.30. The van der Waals surface area contributed by atoms with E-state index in [1.807, 2.05) is 48.7 Å². The van der Waals surface area contributed by atoms with Crippen molar-refractivity contribution in [1.82, 2.24) is 15.2 Å². The first-order valence-corrected chi connectivity index (χ1v) is 11.8. The summed E-state index contributed by atoms with van der Waals surface area (Å²) in [6, 6.07) is 15.8. The van der Waals surface area contributed by atoms with Crippen LogP contribution in [0.2, 0.25) is 10.0 Å². The highest BCUT2D eigenvalue weighted by Crippen LogP contribution is 2.44. The third kappa shape index (κ3) is 3.95. The third-order valence-electron chi connectivity index (χ3n) is 6.24. The fourth-order valence-electron chi connectivity index (χ4n) is 4.77. The van der Waals surface area contributed by atoms with E-state index in [1.54, 1.807) is 6.07 Å². The van der Waals surface area contributed by atoms with Crippen molar-refractivity contribution in [1.29, 1.82) is 0 Å². The average Bonchev–Trinajstić information content (AvgIpc) is 3.41. The highest BCUT2D eigenvalue weighted by atomic mass is 35.5. The van der Waals surface area contributed by atoms with Crippen LogP contribution in [-0.2, 0) is 0 Å². The van der Waals surface area contributed by atoms with Gasteiger partial charge in [0.15, 0.2) is 5.11 Å². The van der Waals surface area contributed by atoms with E-state index in [-0.39, 0.29) is 12.1 Å². The van der Waals surface area contributed by atoms with Crippen molar-refractivity contribution in [3.63, 3.8) is 0 Å². The Labute approximate surface area is 197 Å². The number of halogens is 2. The van der Waals surface area contributed by atoms with Crippen LogP contribution in [0.15, 0.2) is 59.1 Å². The van der Waals surface area contributed by atoms with Gasteiger partial charge in [-0.2, -0.15) is 0 Å². The zero-order chi connectivity index (χ0) is 21.4. The maximum Gasteiger partial charge on any atom is 0.170 e. The van der Waals surface area contributed by atoms with Crippen molar-refractivity contribution in [2.75, 3.05) is 0 Å². The number of hydrogen-bond donors (Lipinski definition) is 1. The SMILES string of the molecule is S=C1N[C@H](c2ccccn2)[C@H](c2ccc(-c3cccc(Cl)c3Cl)o2)N1C1CCCCC1. The summed E-state index contributed by atoms with van der Waals surface area (Å²) in [6.45, 7) is 0. The molecule has 0 spiro atoms. The highest BCUT2D eigenvalue weighted by Gasteiger charge is 2.44. The molecule has 0 unspecified atom stereocenters. The predicted molar refractivity (Wildman–Crippen MR) is 128 cm³/mol. The number of furan rings is 1. The predicted octanol–water partition coefficient (Wildman–Crippen LogP) is 6.95. The van der Waals surface area contributed by atoms with Gasteiger partial charge in [0.25, 0.3) is 0 Å². The summed E-state index contributed by atoms with van der Waals surface area (Å²) < 4.78 is 6.40. The summed E-state index contributed by atoms with van der Waals surface area (Å²) in [7, 11) is 0. The van der Waals surface area contributed by atoms with Crippen LogP contribution in [0.3, 0.4) is 0 Å². The lowest BCUT2D eigenvalue weighted by atomic mass is 9.92. The Kier molecular flexibility index (Phi) is 5.91. The molecule has 0 bridgehead atoms. The molecule has 2 atom stereocenters. The van der Waals surface area contributed by atoms with Crippen molar-refractivity contribution >= 4 is 40.5 Å². The van der Waals surface area contributed by atoms with Crippen LogP contribution < -0.4 is 5.32 Å². The van der Waals surface area contributed by atoms with E-state index in [1.165, 1.54) is 19.3 Å². The molecule has 1 saturated carbocycles. The quantitative estimate of drug-likeness (QED) is 0.416. The first-order valence-electron chi connectivity index (χ1n) is 10.7. The minimum Gasteiger partial charge on any atom is -0.459 e. The van der Waals surface area contributed by atoms with Crippen LogP contribution >= 0.6 is 35.4 Å². The lowest BCUT2D eigenvalue weighted by Gasteiger charge is -2.36. The lowest BCUT2D eigenvalue weighted by Crippen LogP contribution is -2.40. The highest BCUT2D eigenvalue weighted by molar-refractivity contribution is 7.80. The molecular weight excluding hydrogens is 449 g/mol. The Morgan fingerprint density at radius 3 is 2.61 bits per heavy atom. The molecule has 3 aromatic rings. The molecule has 1 N–H and O–H groups in total. The monoisotopic (exact) mass is 471 g/mol. The Morgan fingerprint density at radius 1 is 1.00 bits per heavy atom. The van der Waals surface area contributed by atoms with Crippen molar-refractivity contribution in [3.8, 4) is 11.3 Å². The number of hydrogen-bond acceptors (Lipinski definition) is 3. The fraction of sp³-hybridized carbons (Fsp3) is 0.333. The van der Waals surface area contributed by atoms with Crippen LogP contribution in [0, 0.1) is 0 Å². The molecule has 31 heavy (non-hydrogen) atoms. The van der Waals surface area contributed by atoms with E-state index in [9.17, 15) is 0 Å². The van der Waals surface area contributed by atoms with Gasteiger partial charge in [0.2, 0.25) is 0 Å².